The zero-order chi connectivity index (χ0) is 21.6. The number of esters is 1. The van der Waals surface area contributed by atoms with Crippen LogP contribution in [0.25, 0.3) is 5.57 Å². The van der Waals surface area contributed by atoms with Gasteiger partial charge in [0.2, 0.25) is 0 Å². The molecule has 0 saturated heterocycles. The number of fused-ring (bicyclic) bond motifs is 1. The number of hydrogen-bond acceptors (Lipinski definition) is 3. The molecule has 0 bridgehead atoms. The molecule has 3 aromatic rings. The van der Waals surface area contributed by atoms with Gasteiger partial charge in [0.05, 0.1) is 12.7 Å². The van der Waals surface area contributed by atoms with Gasteiger partial charge in [-0.05, 0) is 66.1 Å². The van der Waals surface area contributed by atoms with Crippen LogP contribution in [0.15, 0.2) is 78.9 Å². The molecule has 0 N–H and O–H groups in total. The molecular formula is C28H28O3. The summed E-state index contributed by atoms with van der Waals surface area (Å²) < 4.78 is 11.0. The van der Waals surface area contributed by atoms with Gasteiger partial charge in [-0.15, -0.1) is 0 Å². The van der Waals surface area contributed by atoms with E-state index in [4.69, 9.17) is 9.47 Å². The summed E-state index contributed by atoms with van der Waals surface area (Å²) in [6, 6.07) is 25.0. The molecule has 1 unspecified atom stereocenters. The average Bonchev–Trinajstić information content (AvgIpc) is 2.83. The number of hydrogen-bond donors (Lipinski definition) is 0. The molecule has 3 aromatic carbocycles. The fourth-order valence-electron chi connectivity index (χ4n) is 4.46. The minimum atomic E-state index is -0.341. The van der Waals surface area contributed by atoms with E-state index in [1.165, 1.54) is 43.1 Å². The second-order valence-electron chi connectivity index (χ2n) is 7.85. The molecule has 3 nitrogen and oxygen atoms in total. The highest BCUT2D eigenvalue weighted by Gasteiger charge is 2.21. The van der Waals surface area contributed by atoms with Crippen LogP contribution < -0.4 is 4.74 Å². The van der Waals surface area contributed by atoms with Crippen LogP contribution in [0.4, 0.5) is 0 Å². The van der Waals surface area contributed by atoms with Gasteiger partial charge < -0.3 is 9.47 Å². The van der Waals surface area contributed by atoms with E-state index >= 15 is 0 Å². The Morgan fingerprint density at radius 3 is 2.52 bits per heavy atom. The Hall–Kier alpha value is -3.33. The first-order valence-corrected chi connectivity index (χ1v) is 10.8. The lowest BCUT2D eigenvalue weighted by Gasteiger charge is -2.26. The molecule has 0 amide bonds. The molecular weight excluding hydrogens is 384 g/mol. The van der Waals surface area contributed by atoms with Gasteiger partial charge in [0.15, 0.2) is 0 Å². The normalized spacial score (nSPS) is 15.8. The molecule has 0 radical (unpaired) electrons. The maximum Gasteiger partial charge on any atom is 0.338 e. The van der Waals surface area contributed by atoms with E-state index in [0.29, 0.717) is 18.1 Å². The molecule has 0 aromatic heterocycles. The van der Waals surface area contributed by atoms with E-state index in [2.05, 4.69) is 36.4 Å². The number of ether oxygens (including phenoxy) is 2. The second-order valence-corrected chi connectivity index (χ2v) is 7.85. The van der Waals surface area contributed by atoms with Gasteiger partial charge in [-0.25, -0.2) is 4.79 Å². The van der Waals surface area contributed by atoms with Crippen LogP contribution in [-0.2, 0) is 22.6 Å². The Bertz CT molecular complexity index is 1080. The number of benzene rings is 3. The Morgan fingerprint density at radius 2 is 1.74 bits per heavy atom. The molecule has 0 spiro atoms. The third kappa shape index (κ3) is 4.56. The van der Waals surface area contributed by atoms with Gasteiger partial charge in [0, 0.05) is 5.92 Å². The third-order valence-corrected chi connectivity index (χ3v) is 6.05. The van der Waals surface area contributed by atoms with Crippen molar-refractivity contribution in [2.45, 2.75) is 38.7 Å². The Balaban J connectivity index is 1.49. The van der Waals surface area contributed by atoms with Crippen molar-refractivity contribution >= 4 is 11.5 Å². The minimum absolute atomic E-state index is 0.341. The maximum absolute atomic E-state index is 12.1. The third-order valence-electron chi connectivity index (χ3n) is 6.05. The Labute approximate surface area is 184 Å². The van der Waals surface area contributed by atoms with Crippen molar-refractivity contribution in [2.75, 3.05) is 7.11 Å². The van der Waals surface area contributed by atoms with Crippen molar-refractivity contribution < 1.29 is 14.3 Å². The standard InChI is InChI=1S/C28H28O3/c1-3-24(28(29)30-2)27-13-7-5-10-22(27)19-31-23-17-15-21(16-18-23)26-14-8-11-20-9-4-6-12-25(20)26/h3-7,9-10,12-13,15-18,26H,8,11,14,19H2,1-2H3/b24-3+. The highest BCUT2D eigenvalue weighted by atomic mass is 16.5. The Morgan fingerprint density at radius 1 is 1.00 bits per heavy atom. The first-order chi connectivity index (χ1) is 15.2. The van der Waals surface area contributed by atoms with Gasteiger partial charge in [-0.1, -0.05) is 66.7 Å². The monoisotopic (exact) mass is 412 g/mol. The zero-order valence-electron chi connectivity index (χ0n) is 18.1. The van der Waals surface area contributed by atoms with Gasteiger partial charge in [-0.2, -0.15) is 0 Å². The predicted octanol–water partition coefficient (Wildman–Crippen LogP) is 6.31. The number of aryl methyl sites for hydroxylation is 1. The van der Waals surface area contributed by atoms with Gasteiger partial charge >= 0.3 is 5.97 Å². The number of carbonyl (C=O) groups excluding carboxylic acids is 1. The van der Waals surface area contributed by atoms with Crippen LogP contribution >= 0.6 is 0 Å². The van der Waals surface area contributed by atoms with E-state index in [1.54, 1.807) is 6.08 Å². The molecule has 1 aliphatic rings. The van der Waals surface area contributed by atoms with Gasteiger partial charge in [0.1, 0.15) is 12.4 Å². The molecule has 1 aliphatic carbocycles. The highest BCUT2D eigenvalue weighted by Crippen LogP contribution is 2.37. The molecule has 0 heterocycles. The molecule has 0 aliphatic heterocycles. The topological polar surface area (TPSA) is 35.5 Å². The van der Waals surface area contributed by atoms with Crippen molar-refractivity contribution in [3.8, 4) is 5.75 Å². The van der Waals surface area contributed by atoms with E-state index in [1.807, 2.05) is 43.3 Å². The summed E-state index contributed by atoms with van der Waals surface area (Å²) in [4.78, 5) is 12.1. The minimum Gasteiger partial charge on any atom is -0.489 e. The van der Waals surface area contributed by atoms with E-state index in [0.717, 1.165) is 16.9 Å². The van der Waals surface area contributed by atoms with E-state index in [9.17, 15) is 4.79 Å². The van der Waals surface area contributed by atoms with Crippen LogP contribution in [0.3, 0.4) is 0 Å². The second kappa shape index (κ2) is 9.65. The molecule has 0 fully saturated rings. The summed E-state index contributed by atoms with van der Waals surface area (Å²) in [5.41, 5.74) is 6.60. The molecule has 4 rings (SSSR count). The van der Waals surface area contributed by atoms with Crippen molar-refractivity contribution in [3.05, 3.63) is 107 Å². The van der Waals surface area contributed by atoms with Crippen molar-refractivity contribution in [1.82, 2.24) is 0 Å². The molecule has 3 heteroatoms. The fraction of sp³-hybridized carbons (Fsp3) is 0.250. The summed E-state index contributed by atoms with van der Waals surface area (Å²) in [6.07, 6.45) is 5.36. The van der Waals surface area contributed by atoms with Crippen LogP contribution in [0.2, 0.25) is 0 Å². The summed E-state index contributed by atoms with van der Waals surface area (Å²) in [5.74, 6) is 0.937. The Kier molecular flexibility index (Phi) is 6.51. The lowest BCUT2D eigenvalue weighted by Crippen LogP contribution is -2.10. The summed E-state index contributed by atoms with van der Waals surface area (Å²) in [7, 11) is 1.40. The van der Waals surface area contributed by atoms with Crippen LogP contribution in [0.1, 0.15) is 53.5 Å². The van der Waals surface area contributed by atoms with Crippen molar-refractivity contribution in [3.63, 3.8) is 0 Å². The first-order valence-electron chi connectivity index (χ1n) is 10.8. The zero-order valence-corrected chi connectivity index (χ0v) is 18.1. The van der Waals surface area contributed by atoms with E-state index < -0.39 is 0 Å². The molecule has 31 heavy (non-hydrogen) atoms. The van der Waals surface area contributed by atoms with Gasteiger partial charge in [0.25, 0.3) is 0 Å². The van der Waals surface area contributed by atoms with Crippen LogP contribution in [-0.4, -0.2) is 13.1 Å². The van der Waals surface area contributed by atoms with Crippen molar-refractivity contribution in [2.24, 2.45) is 0 Å². The van der Waals surface area contributed by atoms with Crippen molar-refractivity contribution in [1.29, 1.82) is 0 Å². The number of rotatable bonds is 6. The van der Waals surface area contributed by atoms with E-state index in [-0.39, 0.29) is 5.97 Å². The SMILES string of the molecule is C/C=C(/C(=O)OC)c1ccccc1COc1ccc(C2CCCc3ccccc32)cc1. The first kappa shape index (κ1) is 20.9. The quantitative estimate of drug-likeness (QED) is 0.351. The summed E-state index contributed by atoms with van der Waals surface area (Å²) in [5, 5.41) is 0. The highest BCUT2D eigenvalue weighted by molar-refractivity contribution is 6.16. The van der Waals surface area contributed by atoms with Gasteiger partial charge in [-0.3, -0.25) is 0 Å². The number of allylic oxidation sites excluding steroid dienone is 1. The maximum atomic E-state index is 12.1. The molecule has 0 saturated carbocycles. The summed E-state index contributed by atoms with van der Waals surface area (Å²) >= 11 is 0. The number of methoxy groups -OCH3 is 1. The summed E-state index contributed by atoms with van der Waals surface area (Å²) in [6.45, 7) is 2.22. The molecule has 158 valence electrons. The average molecular weight is 413 g/mol. The predicted molar refractivity (Wildman–Crippen MR) is 124 cm³/mol. The smallest absolute Gasteiger partial charge is 0.338 e. The molecule has 1 atom stereocenters. The number of carbonyl (C=O) groups is 1. The fourth-order valence-corrected chi connectivity index (χ4v) is 4.46. The lowest BCUT2D eigenvalue weighted by atomic mass is 9.79. The van der Waals surface area contributed by atoms with Crippen LogP contribution in [0.5, 0.6) is 5.75 Å². The lowest BCUT2D eigenvalue weighted by molar-refractivity contribution is -0.133. The van der Waals surface area contributed by atoms with Crippen LogP contribution in [0, 0.1) is 0 Å². The largest absolute Gasteiger partial charge is 0.489 e.